The van der Waals surface area contributed by atoms with Gasteiger partial charge < -0.3 is 10.6 Å². The van der Waals surface area contributed by atoms with Crippen molar-refractivity contribution in [3.05, 3.63) is 27.1 Å². The number of benzene rings is 1. The molecule has 0 radical (unpaired) electrons. The third-order valence-electron chi connectivity index (χ3n) is 3.53. The molecule has 0 aliphatic carbocycles. The van der Waals surface area contributed by atoms with Gasteiger partial charge >= 0.3 is 0 Å². The topological polar surface area (TPSA) is 41.1 Å². The first-order chi connectivity index (χ1) is 9.07. The van der Waals surface area contributed by atoms with Crippen LogP contribution in [0.3, 0.4) is 0 Å². The van der Waals surface area contributed by atoms with Crippen LogP contribution in [0.5, 0.6) is 0 Å². The van der Waals surface area contributed by atoms with Crippen LogP contribution in [0.1, 0.15) is 32.6 Å². The number of hydrogen-bond acceptors (Lipinski definition) is 2. The second kappa shape index (κ2) is 6.37. The number of carbonyl (C=O) groups is 1. The monoisotopic (exact) mass is 388 g/mol. The highest BCUT2D eigenvalue weighted by molar-refractivity contribution is 9.11. The highest BCUT2D eigenvalue weighted by Gasteiger charge is 2.40. The summed E-state index contributed by atoms with van der Waals surface area (Å²) in [5, 5.41) is 6.43. The number of hydrogen-bond donors (Lipinski definition) is 2. The van der Waals surface area contributed by atoms with E-state index >= 15 is 0 Å². The van der Waals surface area contributed by atoms with Gasteiger partial charge in [0.15, 0.2) is 0 Å². The molecule has 1 aromatic carbocycles. The molecule has 2 rings (SSSR count). The van der Waals surface area contributed by atoms with E-state index in [0.29, 0.717) is 0 Å². The molecule has 0 bridgehead atoms. The molecule has 1 aliphatic heterocycles. The molecule has 1 heterocycles. The molecule has 5 heteroatoms. The molecule has 1 atom stereocenters. The molecule has 1 amide bonds. The molecule has 19 heavy (non-hydrogen) atoms. The highest BCUT2D eigenvalue weighted by atomic mass is 79.9. The summed E-state index contributed by atoms with van der Waals surface area (Å²) in [5.41, 5.74) is 0.416. The van der Waals surface area contributed by atoms with Crippen molar-refractivity contribution in [1.82, 2.24) is 5.32 Å². The Morgan fingerprint density at radius 2 is 2.26 bits per heavy atom. The van der Waals surface area contributed by atoms with Gasteiger partial charge in [-0.1, -0.05) is 29.3 Å². The van der Waals surface area contributed by atoms with Crippen LogP contribution >= 0.6 is 31.9 Å². The molecule has 1 aromatic rings. The zero-order chi connectivity index (χ0) is 13.9. The van der Waals surface area contributed by atoms with Crippen molar-refractivity contribution >= 4 is 43.5 Å². The average Bonchev–Trinajstić information content (AvgIpc) is 2.84. The minimum absolute atomic E-state index is 0.0747. The number of rotatable bonds is 4. The van der Waals surface area contributed by atoms with Crippen LogP contribution in [0.15, 0.2) is 27.1 Å². The molecular formula is C14H18Br2N2O. The minimum Gasteiger partial charge on any atom is -0.323 e. The van der Waals surface area contributed by atoms with E-state index in [4.69, 9.17) is 0 Å². The highest BCUT2D eigenvalue weighted by Crippen LogP contribution is 2.30. The van der Waals surface area contributed by atoms with Crippen molar-refractivity contribution in [1.29, 1.82) is 0 Å². The first-order valence-electron chi connectivity index (χ1n) is 6.59. The summed E-state index contributed by atoms with van der Waals surface area (Å²) in [4.78, 5) is 12.6. The first kappa shape index (κ1) is 15.0. The summed E-state index contributed by atoms with van der Waals surface area (Å²) in [5.74, 6) is 0.0747. The van der Waals surface area contributed by atoms with Crippen molar-refractivity contribution in [3.8, 4) is 0 Å². The Morgan fingerprint density at radius 1 is 1.47 bits per heavy atom. The summed E-state index contributed by atoms with van der Waals surface area (Å²) in [6.07, 6.45) is 3.86. The van der Waals surface area contributed by atoms with E-state index in [2.05, 4.69) is 49.4 Å². The third kappa shape index (κ3) is 3.38. The number of halogens is 2. The standard InChI is InChI=1S/C14H18Br2N2O/c1-2-6-14(7-3-8-17-14)13(19)18-12-9-10(15)4-5-11(12)16/h4-5,9,17H,2-3,6-8H2,1H3,(H,18,19). The molecule has 2 N–H and O–H groups in total. The van der Waals surface area contributed by atoms with Crippen LogP contribution in [0.2, 0.25) is 0 Å². The van der Waals surface area contributed by atoms with Crippen LogP contribution < -0.4 is 10.6 Å². The van der Waals surface area contributed by atoms with Crippen LogP contribution in [-0.4, -0.2) is 18.0 Å². The lowest BCUT2D eigenvalue weighted by Gasteiger charge is -2.28. The Bertz CT molecular complexity index is 471. The SMILES string of the molecule is CCCC1(C(=O)Nc2cc(Br)ccc2Br)CCCN1. The smallest absolute Gasteiger partial charge is 0.244 e. The predicted molar refractivity (Wildman–Crippen MR) is 85.3 cm³/mol. The maximum atomic E-state index is 12.6. The van der Waals surface area contributed by atoms with Gasteiger partial charge in [-0.25, -0.2) is 0 Å². The summed E-state index contributed by atoms with van der Waals surface area (Å²) in [7, 11) is 0. The molecular weight excluding hydrogens is 372 g/mol. The lowest BCUT2D eigenvalue weighted by Crippen LogP contribution is -2.50. The van der Waals surface area contributed by atoms with Crippen molar-refractivity contribution in [3.63, 3.8) is 0 Å². The van der Waals surface area contributed by atoms with E-state index in [0.717, 1.165) is 46.9 Å². The Morgan fingerprint density at radius 3 is 2.89 bits per heavy atom. The number of amides is 1. The van der Waals surface area contributed by atoms with Crippen LogP contribution in [0.4, 0.5) is 5.69 Å². The zero-order valence-electron chi connectivity index (χ0n) is 10.9. The molecule has 0 spiro atoms. The lowest BCUT2D eigenvalue weighted by atomic mass is 9.91. The van der Waals surface area contributed by atoms with E-state index in [1.165, 1.54) is 0 Å². The maximum absolute atomic E-state index is 12.6. The third-order valence-corrected chi connectivity index (χ3v) is 4.72. The van der Waals surface area contributed by atoms with Crippen molar-refractivity contribution in [2.45, 2.75) is 38.1 Å². The molecule has 1 aliphatic rings. The fourth-order valence-corrected chi connectivity index (χ4v) is 3.30. The van der Waals surface area contributed by atoms with Crippen LogP contribution in [0, 0.1) is 0 Å². The van der Waals surface area contributed by atoms with Crippen molar-refractivity contribution in [2.24, 2.45) is 0 Å². The Balaban J connectivity index is 2.17. The van der Waals surface area contributed by atoms with E-state index in [9.17, 15) is 4.79 Å². The van der Waals surface area contributed by atoms with Crippen LogP contribution in [-0.2, 0) is 4.79 Å². The van der Waals surface area contributed by atoms with Gasteiger partial charge in [-0.15, -0.1) is 0 Å². The molecule has 104 valence electrons. The number of nitrogens with one attached hydrogen (secondary N) is 2. The van der Waals surface area contributed by atoms with Gasteiger partial charge in [0.1, 0.15) is 0 Å². The number of carbonyl (C=O) groups excluding carboxylic acids is 1. The molecule has 0 saturated carbocycles. The van der Waals surface area contributed by atoms with E-state index in [1.54, 1.807) is 0 Å². The van der Waals surface area contributed by atoms with Crippen LogP contribution in [0.25, 0.3) is 0 Å². The Labute approximate surface area is 130 Å². The van der Waals surface area contributed by atoms with Gasteiger partial charge in [-0.3, -0.25) is 4.79 Å². The lowest BCUT2D eigenvalue weighted by molar-refractivity contribution is -0.122. The summed E-state index contributed by atoms with van der Waals surface area (Å²) in [6, 6.07) is 5.78. The van der Waals surface area contributed by atoms with E-state index in [1.807, 2.05) is 18.2 Å². The summed E-state index contributed by atoms with van der Waals surface area (Å²) in [6.45, 7) is 3.04. The maximum Gasteiger partial charge on any atom is 0.244 e. The Kier molecular flexibility index (Phi) is 5.03. The fourth-order valence-electron chi connectivity index (χ4n) is 2.59. The summed E-state index contributed by atoms with van der Waals surface area (Å²) >= 11 is 6.89. The fraction of sp³-hybridized carbons (Fsp3) is 0.500. The molecule has 3 nitrogen and oxygen atoms in total. The second-order valence-electron chi connectivity index (χ2n) is 4.94. The van der Waals surface area contributed by atoms with Crippen molar-refractivity contribution in [2.75, 3.05) is 11.9 Å². The zero-order valence-corrected chi connectivity index (χ0v) is 14.1. The molecule has 1 unspecified atom stereocenters. The molecule has 0 aromatic heterocycles. The van der Waals surface area contributed by atoms with Crippen molar-refractivity contribution < 1.29 is 4.79 Å². The van der Waals surface area contributed by atoms with Gasteiger partial charge in [0, 0.05) is 8.95 Å². The summed E-state index contributed by atoms with van der Waals surface area (Å²) < 4.78 is 1.85. The predicted octanol–water partition coefficient (Wildman–Crippen LogP) is 4.07. The molecule has 1 fully saturated rings. The van der Waals surface area contributed by atoms with E-state index in [-0.39, 0.29) is 5.91 Å². The van der Waals surface area contributed by atoms with Gasteiger partial charge in [-0.2, -0.15) is 0 Å². The second-order valence-corrected chi connectivity index (χ2v) is 6.71. The van der Waals surface area contributed by atoms with E-state index < -0.39 is 5.54 Å². The van der Waals surface area contributed by atoms with Gasteiger partial charge in [-0.05, 0) is 59.9 Å². The largest absolute Gasteiger partial charge is 0.323 e. The number of anilines is 1. The average molecular weight is 390 g/mol. The normalized spacial score (nSPS) is 22.5. The van der Waals surface area contributed by atoms with Gasteiger partial charge in [0.25, 0.3) is 0 Å². The molecule has 1 saturated heterocycles. The quantitative estimate of drug-likeness (QED) is 0.814. The van der Waals surface area contributed by atoms with Gasteiger partial charge in [0.2, 0.25) is 5.91 Å². The first-order valence-corrected chi connectivity index (χ1v) is 8.17. The Hall–Kier alpha value is -0.390. The minimum atomic E-state index is -0.392. The van der Waals surface area contributed by atoms with Gasteiger partial charge in [0.05, 0.1) is 11.2 Å².